The molecule has 0 saturated carbocycles. The topological polar surface area (TPSA) is 96.0 Å². The summed E-state index contributed by atoms with van der Waals surface area (Å²) in [6, 6.07) is 11.8. The Kier molecular flexibility index (Phi) is 10.3. The zero-order chi connectivity index (χ0) is 27.0. The maximum Gasteiger partial charge on any atom is 0.244 e. The highest BCUT2D eigenvalue weighted by Crippen LogP contribution is 2.25. The van der Waals surface area contributed by atoms with Gasteiger partial charge in [-0.2, -0.15) is 0 Å². The first-order valence-corrected chi connectivity index (χ1v) is 14.0. The fourth-order valence-corrected chi connectivity index (χ4v) is 4.92. The number of hydrogen-bond acceptors (Lipinski definition) is 5. The molecule has 2 aromatic carbocycles. The number of anilines is 1. The summed E-state index contributed by atoms with van der Waals surface area (Å²) in [7, 11) is -2.22. The molecule has 2 aromatic rings. The van der Waals surface area contributed by atoms with Gasteiger partial charge in [0.2, 0.25) is 21.8 Å². The van der Waals surface area contributed by atoms with E-state index in [1.807, 2.05) is 58.9 Å². The normalized spacial score (nSPS) is 13.0. The molecule has 0 radical (unpaired) electrons. The zero-order valence-corrected chi connectivity index (χ0v) is 23.2. The maximum absolute atomic E-state index is 13.8. The standard InChI is InChI=1S/C27H39N3O5S/c1-8-21(5)28-27(32)24(9-2)29(17-22-11-10-12-23(16-22)35-6)26(31)18-30(36(7,33)34)25-14-13-19(3)15-20(25)4/h10-16,21,24H,8-9,17-18H2,1-7H3,(H,28,32)/t21-,24-/m0/s1. The van der Waals surface area contributed by atoms with E-state index in [0.29, 0.717) is 17.9 Å². The van der Waals surface area contributed by atoms with E-state index in [2.05, 4.69) is 5.32 Å². The Morgan fingerprint density at radius 3 is 2.31 bits per heavy atom. The van der Waals surface area contributed by atoms with Crippen LogP contribution in [-0.2, 0) is 26.2 Å². The zero-order valence-electron chi connectivity index (χ0n) is 22.4. The second-order valence-electron chi connectivity index (χ2n) is 9.17. The molecular weight excluding hydrogens is 478 g/mol. The lowest BCUT2D eigenvalue weighted by atomic mass is 10.1. The summed E-state index contributed by atoms with van der Waals surface area (Å²) in [6.45, 7) is 9.17. The average molecular weight is 518 g/mol. The maximum atomic E-state index is 13.8. The number of carbonyl (C=O) groups is 2. The lowest BCUT2D eigenvalue weighted by Gasteiger charge is -2.33. The number of benzene rings is 2. The molecule has 0 heterocycles. The van der Waals surface area contributed by atoms with Gasteiger partial charge in [0.05, 0.1) is 19.1 Å². The van der Waals surface area contributed by atoms with Crippen LogP contribution in [0.15, 0.2) is 42.5 Å². The Hall–Kier alpha value is -3.07. The average Bonchev–Trinajstić information content (AvgIpc) is 2.82. The molecule has 0 aliphatic carbocycles. The van der Waals surface area contributed by atoms with Gasteiger partial charge >= 0.3 is 0 Å². The minimum atomic E-state index is -3.78. The summed E-state index contributed by atoms with van der Waals surface area (Å²) in [6.07, 6.45) is 2.21. The molecule has 8 nitrogen and oxygen atoms in total. The quantitative estimate of drug-likeness (QED) is 0.462. The number of hydrogen-bond donors (Lipinski definition) is 1. The van der Waals surface area contributed by atoms with Crippen LogP contribution in [0, 0.1) is 13.8 Å². The van der Waals surface area contributed by atoms with Crippen LogP contribution < -0.4 is 14.4 Å². The third-order valence-electron chi connectivity index (χ3n) is 6.17. The van der Waals surface area contributed by atoms with E-state index in [0.717, 1.165) is 33.7 Å². The molecule has 2 atom stereocenters. The second kappa shape index (κ2) is 12.8. The largest absolute Gasteiger partial charge is 0.497 e. The van der Waals surface area contributed by atoms with Crippen molar-refractivity contribution in [1.82, 2.24) is 10.2 Å². The minimum absolute atomic E-state index is 0.0527. The summed E-state index contributed by atoms with van der Waals surface area (Å²) >= 11 is 0. The van der Waals surface area contributed by atoms with Gasteiger partial charge in [0.25, 0.3) is 0 Å². The van der Waals surface area contributed by atoms with Gasteiger partial charge in [-0.25, -0.2) is 8.42 Å². The molecule has 0 spiro atoms. The fraction of sp³-hybridized carbons (Fsp3) is 0.481. The van der Waals surface area contributed by atoms with Crippen LogP contribution in [0.1, 0.15) is 50.3 Å². The molecule has 198 valence electrons. The van der Waals surface area contributed by atoms with Gasteiger partial charge in [-0.1, -0.05) is 43.7 Å². The minimum Gasteiger partial charge on any atom is -0.497 e. The van der Waals surface area contributed by atoms with Crippen LogP contribution in [0.2, 0.25) is 0 Å². The number of amides is 2. The van der Waals surface area contributed by atoms with E-state index in [4.69, 9.17) is 4.74 Å². The lowest BCUT2D eigenvalue weighted by molar-refractivity contribution is -0.140. The molecule has 0 unspecified atom stereocenters. The molecule has 0 aliphatic heterocycles. The number of carbonyl (C=O) groups excluding carboxylic acids is 2. The van der Waals surface area contributed by atoms with Gasteiger partial charge in [-0.15, -0.1) is 0 Å². The first-order valence-electron chi connectivity index (χ1n) is 12.2. The molecule has 0 saturated heterocycles. The first-order chi connectivity index (χ1) is 16.9. The van der Waals surface area contributed by atoms with Crippen molar-refractivity contribution in [3.63, 3.8) is 0 Å². The molecular formula is C27H39N3O5S. The number of aryl methyl sites for hydroxylation is 2. The van der Waals surface area contributed by atoms with Gasteiger partial charge in [0.1, 0.15) is 18.3 Å². The number of rotatable bonds is 12. The van der Waals surface area contributed by atoms with E-state index >= 15 is 0 Å². The molecule has 0 aromatic heterocycles. The molecule has 0 fully saturated rings. The molecule has 9 heteroatoms. The van der Waals surface area contributed by atoms with E-state index in [9.17, 15) is 18.0 Å². The third-order valence-corrected chi connectivity index (χ3v) is 7.30. The molecule has 2 amide bonds. The van der Waals surface area contributed by atoms with Crippen LogP contribution in [0.3, 0.4) is 0 Å². The van der Waals surface area contributed by atoms with Gasteiger partial charge in [0, 0.05) is 12.6 Å². The van der Waals surface area contributed by atoms with Crippen LogP contribution in [0.5, 0.6) is 5.75 Å². The predicted molar refractivity (Wildman–Crippen MR) is 144 cm³/mol. The van der Waals surface area contributed by atoms with Crippen molar-refractivity contribution < 1.29 is 22.7 Å². The van der Waals surface area contributed by atoms with Crippen molar-refractivity contribution in [3.05, 3.63) is 59.2 Å². The summed E-state index contributed by atoms with van der Waals surface area (Å²) < 4.78 is 32.0. The third kappa shape index (κ3) is 7.71. The first kappa shape index (κ1) is 29.2. The van der Waals surface area contributed by atoms with E-state index in [1.165, 1.54) is 4.90 Å². The highest BCUT2D eigenvalue weighted by molar-refractivity contribution is 7.92. The smallest absolute Gasteiger partial charge is 0.244 e. The number of nitrogens with zero attached hydrogens (tertiary/aromatic N) is 2. The Balaban J connectivity index is 2.49. The summed E-state index contributed by atoms with van der Waals surface area (Å²) in [5.74, 6) is -0.0973. The van der Waals surface area contributed by atoms with E-state index in [-0.39, 0.29) is 18.5 Å². The van der Waals surface area contributed by atoms with Crippen molar-refractivity contribution in [1.29, 1.82) is 0 Å². The van der Waals surface area contributed by atoms with Gasteiger partial charge in [-0.05, 0) is 62.9 Å². The molecule has 0 aliphatic rings. The number of nitrogens with one attached hydrogen (secondary N) is 1. The Morgan fingerprint density at radius 2 is 1.75 bits per heavy atom. The van der Waals surface area contributed by atoms with Crippen molar-refractivity contribution in [3.8, 4) is 5.75 Å². The van der Waals surface area contributed by atoms with Gasteiger partial charge < -0.3 is 15.0 Å². The second-order valence-corrected chi connectivity index (χ2v) is 11.1. The van der Waals surface area contributed by atoms with Crippen LogP contribution >= 0.6 is 0 Å². The Labute approximate surface area is 215 Å². The van der Waals surface area contributed by atoms with Crippen LogP contribution in [0.4, 0.5) is 5.69 Å². The summed E-state index contributed by atoms with van der Waals surface area (Å²) in [5.41, 5.74) is 2.95. The predicted octanol–water partition coefficient (Wildman–Crippen LogP) is 3.80. The summed E-state index contributed by atoms with van der Waals surface area (Å²) in [4.78, 5) is 28.4. The molecule has 36 heavy (non-hydrogen) atoms. The molecule has 1 N–H and O–H groups in total. The Morgan fingerprint density at radius 1 is 1.06 bits per heavy atom. The molecule has 2 rings (SSSR count). The Bertz CT molecular complexity index is 1170. The number of sulfonamides is 1. The number of ether oxygens (including phenoxy) is 1. The van der Waals surface area contributed by atoms with Gasteiger partial charge in [0.15, 0.2) is 0 Å². The van der Waals surface area contributed by atoms with Gasteiger partial charge in [-0.3, -0.25) is 13.9 Å². The fourth-order valence-electron chi connectivity index (χ4n) is 4.01. The van der Waals surface area contributed by atoms with Crippen molar-refractivity contribution in [2.75, 3.05) is 24.2 Å². The number of methoxy groups -OCH3 is 1. The van der Waals surface area contributed by atoms with Crippen LogP contribution in [0.25, 0.3) is 0 Å². The summed E-state index contributed by atoms with van der Waals surface area (Å²) in [5, 5.41) is 2.97. The highest BCUT2D eigenvalue weighted by Gasteiger charge is 2.32. The van der Waals surface area contributed by atoms with Crippen LogP contribution in [-0.4, -0.2) is 57.1 Å². The van der Waals surface area contributed by atoms with Crippen molar-refractivity contribution >= 4 is 27.5 Å². The van der Waals surface area contributed by atoms with Crippen molar-refractivity contribution in [2.45, 2.75) is 66.1 Å². The lowest BCUT2D eigenvalue weighted by Crippen LogP contribution is -2.53. The SMILES string of the molecule is CC[C@H](C)NC(=O)[C@H](CC)N(Cc1cccc(OC)c1)C(=O)CN(c1ccc(C)cc1C)S(C)(=O)=O. The van der Waals surface area contributed by atoms with E-state index in [1.54, 1.807) is 25.3 Å². The van der Waals surface area contributed by atoms with E-state index < -0.39 is 28.5 Å². The van der Waals surface area contributed by atoms with Crippen molar-refractivity contribution in [2.24, 2.45) is 0 Å². The molecule has 0 bridgehead atoms. The highest BCUT2D eigenvalue weighted by atomic mass is 32.2. The monoisotopic (exact) mass is 517 g/mol.